The molecule has 2 aliphatic carbocycles. The number of benzene rings is 2. The van der Waals surface area contributed by atoms with Crippen LogP contribution in [0.4, 0.5) is 23.1 Å². The lowest BCUT2D eigenvalue weighted by Gasteiger charge is -2.31. The molecule has 4 aliphatic rings. The molecular formula is C46H55ClF3N6O8PS. The molecule has 2 saturated heterocycles. The number of methoxy groups -OCH3 is 1. The minimum atomic E-state index is -4.75. The van der Waals surface area contributed by atoms with Crippen LogP contribution in [0.1, 0.15) is 103 Å². The monoisotopic (exact) mass is 974 g/mol. The van der Waals surface area contributed by atoms with E-state index in [1.807, 2.05) is 19.2 Å². The maximum Gasteiger partial charge on any atom is 0.408 e. The van der Waals surface area contributed by atoms with Crippen molar-refractivity contribution >= 4 is 64.2 Å². The van der Waals surface area contributed by atoms with Gasteiger partial charge >= 0.3 is 6.09 Å². The van der Waals surface area contributed by atoms with Crippen molar-refractivity contribution < 1.29 is 51.2 Å². The summed E-state index contributed by atoms with van der Waals surface area (Å²) >= 11 is 8.25. The summed E-state index contributed by atoms with van der Waals surface area (Å²) in [6, 6.07) is 4.16. The van der Waals surface area contributed by atoms with Gasteiger partial charge in [0.25, 0.3) is 0 Å². The van der Waals surface area contributed by atoms with Crippen molar-refractivity contribution in [3.63, 3.8) is 0 Å². The maximum atomic E-state index is 15.0. The molecule has 4 N–H and O–H groups in total. The van der Waals surface area contributed by atoms with Crippen LogP contribution in [-0.2, 0) is 25.1 Å². The van der Waals surface area contributed by atoms with Crippen LogP contribution < -0.4 is 25.4 Å². The Morgan fingerprint density at radius 2 is 1.70 bits per heavy atom. The molecular weight excluding hydrogens is 920 g/mol. The summed E-state index contributed by atoms with van der Waals surface area (Å²) in [6.45, 7) is 3.85. The van der Waals surface area contributed by atoms with Gasteiger partial charge in [-0.2, -0.15) is 0 Å². The molecule has 20 heteroatoms. The number of ether oxygens (including phenoxy) is 3. The van der Waals surface area contributed by atoms with E-state index in [-0.39, 0.29) is 43.0 Å². The molecule has 0 spiro atoms. The predicted molar refractivity (Wildman–Crippen MR) is 245 cm³/mol. The van der Waals surface area contributed by atoms with Gasteiger partial charge in [-0.1, -0.05) is 43.7 Å². The first-order valence-electron chi connectivity index (χ1n) is 22.7. The third-order valence-corrected chi connectivity index (χ3v) is 16.9. The number of alkyl carbamates (subject to hydrolysis) is 1. The average molecular weight is 975 g/mol. The second-order valence-electron chi connectivity index (χ2n) is 18.2. The predicted octanol–water partition coefficient (Wildman–Crippen LogP) is 9.69. The Morgan fingerprint density at radius 1 is 0.985 bits per heavy atom. The van der Waals surface area contributed by atoms with Crippen LogP contribution >= 0.6 is 30.3 Å². The zero-order valence-corrected chi connectivity index (χ0v) is 39.5. The number of carbonyl (C=O) groups is 3. The molecule has 4 fully saturated rings. The summed E-state index contributed by atoms with van der Waals surface area (Å²) in [7, 11) is -3.26. The molecule has 3 amide bonds. The fourth-order valence-electron chi connectivity index (χ4n) is 9.61. The summed E-state index contributed by atoms with van der Waals surface area (Å²) in [6.07, 6.45) is 4.46. The lowest BCUT2D eigenvalue weighted by atomic mass is 10.0. The number of fused-ring (bicyclic) bond motifs is 3. The fourth-order valence-corrected chi connectivity index (χ4v) is 13.2. The van der Waals surface area contributed by atoms with E-state index in [1.54, 1.807) is 18.2 Å². The number of anilines is 1. The number of thiazole rings is 1. The van der Waals surface area contributed by atoms with Crippen LogP contribution in [0.15, 0.2) is 35.7 Å². The molecule has 14 nitrogen and oxygen atoms in total. The lowest BCUT2D eigenvalue weighted by molar-refractivity contribution is -0.140. The molecule has 2 aromatic carbocycles. The van der Waals surface area contributed by atoms with E-state index in [9.17, 15) is 32.6 Å². The topological polar surface area (TPSA) is 181 Å². The summed E-state index contributed by atoms with van der Waals surface area (Å²) in [5.41, 5.74) is 0.436. The van der Waals surface area contributed by atoms with Gasteiger partial charge in [-0.25, -0.2) is 27.9 Å². The van der Waals surface area contributed by atoms with Crippen LogP contribution in [0.25, 0.3) is 22.3 Å². The number of nitrogens with one attached hydrogen (secondary N) is 3. The first kappa shape index (κ1) is 47.8. The van der Waals surface area contributed by atoms with E-state index < -0.39 is 83.8 Å². The minimum absolute atomic E-state index is 0.0316. The molecule has 6 atom stereocenters. The van der Waals surface area contributed by atoms with E-state index in [2.05, 4.69) is 16.0 Å². The smallest absolute Gasteiger partial charge is 0.408 e. The van der Waals surface area contributed by atoms with Crippen LogP contribution in [0.2, 0.25) is 5.02 Å². The quantitative estimate of drug-likeness (QED) is 0.0830. The average Bonchev–Trinajstić information content (AvgIpc) is 3.69. The molecule has 66 heavy (non-hydrogen) atoms. The molecule has 4 aromatic rings. The van der Waals surface area contributed by atoms with Gasteiger partial charge in [0.2, 0.25) is 19.2 Å². The van der Waals surface area contributed by atoms with Crippen LogP contribution in [0, 0.1) is 23.4 Å². The van der Waals surface area contributed by atoms with Gasteiger partial charge < -0.3 is 40.0 Å². The number of rotatable bonds is 11. The van der Waals surface area contributed by atoms with Crippen molar-refractivity contribution in [2.24, 2.45) is 5.92 Å². The number of carbonyl (C=O) groups excluding carboxylic acids is 3. The highest BCUT2D eigenvalue weighted by Crippen LogP contribution is 2.72. The van der Waals surface area contributed by atoms with Gasteiger partial charge in [-0.3, -0.25) is 14.2 Å². The highest BCUT2D eigenvalue weighted by molar-refractivity contribution is 7.59. The molecule has 1 unspecified atom stereocenters. The molecule has 4 heterocycles. The highest BCUT2D eigenvalue weighted by Gasteiger charge is 2.66. The number of halogens is 4. The molecule has 0 radical (unpaired) electrons. The van der Waals surface area contributed by atoms with Crippen LogP contribution in [0.5, 0.6) is 11.5 Å². The Bertz CT molecular complexity index is 2530. The number of hydrogen-bond acceptors (Lipinski definition) is 11. The van der Waals surface area contributed by atoms with Gasteiger partial charge in [0.1, 0.15) is 57.6 Å². The van der Waals surface area contributed by atoms with Crippen molar-refractivity contribution in [3.05, 3.63) is 63.7 Å². The Kier molecular flexibility index (Phi) is 14.4. The Morgan fingerprint density at radius 3 is 2.44 bits per heavy atom. The Labute approximate surface area is 390 Å². The summed E-state index contributed by atoms with van der Waals surface area (Å²) in [5.74, 6) is -5.34. The zero-order valence-electron chi connectivity index (χ0n) is 37.0. The van der Waals surface area contributed by atoms with Crippen molar-refractivity contribution in [2.75, 3.05) is 19.0 Å². The Balaban J connectivity index is 1.15. The van der Waals surface area contributed by atoms with E-state index in [1.165, 1.54) is 23.3 Å². The Hall–Kier alpha value is -4.64. The van der Waals surface area contributed by atoms with Gasteiger partial charge in [-0.15, -0.1) is 11.3 Å². The van der Waals surface area contributed by atoms with Crippen molar-refractivity contribution in [3.8, 4) is 22.9 Å². The minimum Gasteiger partial charge on any atom is -0.495 e. The first-order valence-corrected chi connectivity index (χ1v) is 25.8. The van der Waals surface area contributed by atoms with E-state index >= 15 is 4.39 Å². The SMILES string of the molecule is COc1ccc2c(O[C@@H]3C[C@H]4C(=O)N[C@]5(P(=O)(O)Cc6c(F)ccc(F)c6F)C[C@H]5CCCCCCC[C@H](NC(=O)OC5CCCC5)C(=O)N4C3)cc(-c3csc(NC(C)C)n3)nc2c1Cl. The standard InChI is InChI=1S/C46H55ClF3N6O8PS/c1-25(2)51-44-53-35(24-66-44)34-20-38(29-15-18-37(62-3)39(47)41(29)52-34)63-28-19-36-42(57)55-46(65(60,61)23-30-31(48)16-17-32(49)40(30)50)21-26(46)11-7-5-4-6-8-14-33(43(58)56(36)22-28)54-45(59)64-27-12-9-10-13-27/h15-18,20,24-28,33,36H,4-14,19,21-23H2,1-3H3,(H,51,53)(H,54,59)(H,55,57)(H,60,61)/t26-,28-,33+,36+,46+/m1/s1. The van der Waals surface area contributed by atoms with E-state index in [0.717, 1.165) is 44.9 Å². The molecule has 356 valence electrons. The van der Waals surface area contributed by atoms with E-state index in [0.29, 0.717) is 70.3 Å². The van der Waals surface area contributed by atoms with Crippen LogP contribution in [-0.4, -0.2) is 86.9 Å². The summed E-state index contributed by atoms with van der Waals surface area (Å²) < 4.78 is 76.8. The third kappa shape index (κ3) is 10.1. The zero-order chi connectivity index (χ0) is 46.9. The van der Waals surface area contributed by atoms with Crippen molar-refractivity contribution in [2.45, 2.75) is 139 Å². The molecule has 8 rings (SSSR count). The third-order valence-electron chi connectivity index (χ3n) is 13.1. The molecule has 2 saturated carbocycles. The maximum absolute atomic E-state index is 15.0. The summed E-state index contributed by atoms with van der Waals surface area (Å²) in [5, 5.41) is 10.3. The van der Waals surface area contributed by atoms with Gasteiger partial charge in [0, 0.05) is 34.9 Å². The number of aromatic nitrogens is 2. The number of pyridine rings is 1. The van der Waals surface area contributed by atoms with Crippen LogP contribution in [0.3, 0.4) is 0 Å². The van der Waals surface area contributed by atoms with Gasteiger partial charge in [-0.05, 0) is 89.0 Å². The number of hydrogen-bond donors (Lipinski definition) is 4. The lowest BCUT2D eigenvalue weighted by Crippen LogP contribution is -2.55. The van der Waals surface area contributed by atoms with Crippen molar-refractivity contribution in [1.82, 2.24) is 25.5 Å². The second kappa shape index (κ2) is 19.9. The fraction of sp³-hybridized carbons (Fsp3) is 0.543. The largest absolute Gasteiger partial charge is 0.495 e. The number of amides is 3. The highest BCUT2D eigenvalue weighted by atomic mass is 35.5. The summed E-state index contributed by atoms with van der Waals surface area (Å²) in [4.78, 5) is 65.8. The van der Waals surface area contributed by atoms with Gasteiger partial charge in [0.05, 0.1) is 31.0 Å². The normalized spacial score (nSPS) is 25.0. The molecule has 2 aromatic heterocycles. The molecule has 2 aliphatic heterocycles. The van der Waals surface area contributed by atoms with Gasteiger partial charge in [0.15, 0.2) is 16.8 Å². The first-order chi connectivity index (χ1) is 31.6. The van der Waals surface area contributed by atoms with E-state index in [4.69, 9.17) is 35.8 Å². The molecule has 0 bridgehead atoms. The van der Waals surface area contributed by atoms with Crippen molar-refractivity contribution in [1.29, 1.82) is 0 Å². The number of nitrogens with zero attached hydrogens (tertiary/aromatic N) is 3. The second-order valence-corrected chi connectivity index (χ2v) is 21.9.